The van der Waals surface area contributed by atoms with E-state index in [0.717, 1.165) is 9.87 Å². The minimum Gasteiger partial charge on any atom is -0.465 e. The molecule has 0 spiro atoms. The van der Waals surface area contributed by atoms with Crippen molar-refractivity contribution in [3.8, 4) is 0 Å². The van der Waals surface area contributed by atoms with Gasteiger partial charge < -0.3 is 9.64 Å². The van der Waals surface area contributed by atoms with Gasteiger partial charge in [0, 0.05) is 18.8 Å². The number of nitrogens with zero attached hydrogens (tertiary/aromatic N) is 2. The summed E-state index contributed by atoms with van der Waals surface area (Å²) in [5.41, 5.74) is 1.45. The third-order valence-corrected chi connectivity index (χ3v) is 6.38. The third kappa shape index (κ3) is 5.27. The molecule has 1 aliphatic rings. The number of rotatable bonds is 8. The Morgan fingerprint density at radius 2 is 1.57 bits per heavy atom. The SMILES string of the molecule is CCOC(=O)CN1C=CN(S(=O)(=O)Cc2ccccc2)[C@@H](Cc2ccccc2)C1=O. The van der Waals surface area contributed by atoms with E-state index in [1.54, 1.807) is 31.2 Å². The number of hydrogen-bond acceptors (Lipinski definition) is 5. The van der Waals surface area contributed by atoms with Gasteiger partial charge in [0.2, 0.25) is 10.0 Å². The van der Waals surface area contributed by atoms with E-state index in [9.17, 15) is 18.0 Å². The van der Waals surface area contributed by atoms with Gasteiger partial charge in [0.1, 0.15) is 12.6 Å². The summed E-state index contributed by atoms with van der Waals surface area (Å²) in [5, 5.41) is 0. The molecule has 0 unspecified atom stereocenters. The highest BCUT2D eigenvalue weighted by Crippen LogP contribution is 2.23. The van der Waals surface area contributed by atoms with Crippen molar-refractivity contribution in [2.24, 2.45) is 0 Å². The van der Waals surface area contributed by atoms with Crippen LogP contribution in [0.2, 0.25) is 0 Å². The maximum atomic E-state index is 13.1. The van der Waals surface area contributed by atoms with Crippen molar-refractivity contribution >= 4 is 21.9 Å². The molecular weight excluding hydrogens is 404 g/mol. The fraction of sp³-hybridized carbons (Fsp3) is 0.273. The minimum atomic E-state index is -3.82. The van der Waals surface area contributed by atoms with Crippen molar-refractivity contribution in [3.63, 3.8) is 0 Å². The van der Waals surface area contributed by atoms with Crippen LogP contribution in [0.25, 0.3) is 0 Å². The molecule has 0 radical (unpaired) electrons. The van der Waals surface area contributed by atoms with E-state index in [4.69, 9.17) is 4.74 Å². The lowest BCUT2D eigenvalue weighted by Gasteiger charge is -2.36. The van der Waals surface area contributed by atoms with Crippen molar-refractivity contribution < 1.29 is 22.7 Å². The van der Waals surface area contributed by atoms with Gasteiger partial charge in [-0.15, -0.1) is 0 Å². The molecule has 0 N–H and O–H groups in total. The second kappa shape index (κ2) is 9.58. The molecule has 7 nitrogen and oxygen atoms in total. The lowest BCUT2D eigenvalue weighted by Crippen LogP contribution is -2.53. The van der Waals surface area contributed by atoms with Crippen molar-refractivity contribution in [3.05, 3.63) is 84.2 Å². The van der Waals surface area contributed by atoms with Crippen molar-refractivity contribution in [1.29, 1.82) is 0 Å². The first-order valence-corrected chi connectivity index (χ1v) is 11.2. The topological polar surface area (TPSA) is 84.0 Å². The molecule has 1 aliphatic heterocycles. The van der Waals surface area contributed by atoms with E-state index in [-0.39, 0.29) is 25.3 Å². The standard InChI is InChI=1S/C22H24N2O5S/c1-2-29-21(25)16-23-13-14-24(30(27,28)17-19-11-7-4-8-12-19)20(22(23)26)15-18-9-5-3-6-10-18/h3-14,20H,2,15-17H2,1H3/t20-/m0/s1. The maximum Gasteiger partial charge on any atom is 0.326 e. The monoisotopic (exact) mass is 428 g/mol. The van der Waals surface area contributed by atoms with E-state index in [2.05, 4.69) is 0 Å². The fourth-order valence-corrected chi connectivity index (χ4v) is 4.82. The van der Waals surface area contributed by atoms with Crippen LogP contribution in [0, 0.1) is 0 Å². The molecule has 2 aromatic rings. The summed E-state index contributed by atoms with van der Waals surface area (Å²) in [6.07, 6.45) is 2.87. The molecule has 158 valence electrons. The van der Waals surface area contributed by atoms with Crippen LogP contribution < -0.4 is 0 Å². The molecule has 0 bridgehead atoms. The molecule has 30 heavy (non-hydrogen) atoms. The van der Waals surface area contributed by atoms with E-state index in [1.165, 1.54) is 17.3 Å². The summed E-state index contributed by atoms with van der Waals surface area (Å²) in [7, 11) is -3.82. The van der Waals surface area contributed by atoms with E-state index in [1.807, 2.05) is 36.4 Å². The normalized spacial score (nSPS) is 16.6. The zero-order valence-corrected chi connectivity index (χ0v) is 17.5. The first kappa shape index (κ1) is 21.6. The predicted octanol–water partition coefficient (Wildman–Crippen LogP) is 2.31. The van der Waals surface area contributed by atoms with Gasteiger partial charge in [-0.2, -0.15) is 0 Å². The smallest absolute Gasteiger partial charge is 0.326 e. The Kier molecular flexibility index (Phi) is 6.89. The predicted molar refractivity (Wildman–Crippen MR) is 112 cm³/mol. The average molecular weight is 429 g/mol. The Morgan fingerprint density at radius 1 is 0.967 bits per heavy atom. The molecule has 0 saturated heterocycles. The number of sulfonamides is 1. The molecule has 0 aliphatic carbocycles. The van der Waals surface area contributed by atoms with Crippen molar-refractivity contribution in [2.75, 3.05) is 13.2 Å². The summed E-state index contributed by atoms with van der Waals surface area (Å²) >= 11 is 0. The second-order valence-electron chi connectivity index (χ2n) is 6.85. The Hall–Kier alpha value is -3.13. The van der Waals surface area contributed by atoms with Gasteiger partial charge in [0.15, 0.2) is 0 Å². The molecule has 1 atom stereocenters. The largest absolute Gasteiger partial charge is 0.465 e. The molecular formula is C22H24N2O5S. The lowest BCUT2D eigenvalue weighted by molar-refractivity contribution is -0.148. The summed E-state index contributed by atoms with van der Waals surface area (Å²) in [5.74, 6) is -1.24. The molecule has 1 heterocycles. The number of amides is 1. The van der Waals surface area contributed by atoms with Crippen LogP contribution in [-0.4, -0.2) is 48.7 Å². The van der Waals surface area contributed by atoms with Crippen LogP contribution in [0.4, 0.5) is 0 Å². The van der Waals surface area contributed by atoms with Gasteiger partial charge in [-0.05, 0) is 18.1 Å². The lowest BCUT2D eigenvalue weighted by atomic mass is 10.0. The van der Waals surface area contributed by atoms with Crippen molar-refractivity contribution in [2.45, 2.75) is 25.1 Å². The van der Waals surface area contributed by atoms with Gasteiger partial charge in [-0.25, -0.2) is 8.42 Å². The van der Waals surface area contributed by atoms with Gasteiger partial charge in [-0.3, -0.25) is 13.9 Å². The van der Waals surface area contributed by atoms with Crippen LogP contribution in [0.3, 0.4) is 0 Å². The third-order valence-electron chi connectivity index (χ3n) is 4.66. The van der Waals surface area contributed by atoms with Crippen LogP contribution in [-0.2, 0) is 36.5 Å². The molecule has 0 aromatic heterocycles. The highest BCUT2D eigenvalue weighted by Gasteiger charge is 2.38. The summed E-state index contributed by atoms with van der Waals surface area (Å²) < 4.78 is 32.3. The molecule has 3 rings (SSSR count). The van der Waals surface area contributed by atoms with Gasteiger partial charge in [-0.1, -0.05) is 60.7 Å². The molecule has 0 fully saturated rings. The zero-order valence-electron chi connectivity index (χ0n) is 16.7. The number of benzene rings is 2. The highest BCUT2D eigenvalue weighted by molar-refractivity contribution is 7.88. The number of esters is 1. The number of carbonyl (C=O) groups is 2. The number of carbonyl (C=O) groups excluding carboxylic acids is 2. The summed E-state index contributed by atoms with van der Waals surface area (Å²) in [4.78, 5) is 26.2. The average Bonchev–Trinajstić information content (AvgIpc) is 2.72. The molecule has 1 amide bonds. The summed E-state index contributed by atoms with van der Waals surface area (Å²) in [6, 6.07) is 17.0. The van der Waals surface area contributed by atoms with Gasteiger partial charge in [0.05, 0.1) is 12.4 Å². The Labute approximate surface area is 176 Å². The number of ether oxygens (including phenoxy) is 1. The quantitative estimate of drug-likeness (QED) is 0.603. The van der Waals surface area contributed by atoms with Crippen LogP contribution in [0.5, 0.6) is 0 Å². The van der Waals surface area contributed by atoms with E-state index < -0.39 is 27.9 Å². The van der Waals surface area contributed by atoms with Crippen LogP contribution in [0.1, 0.15) is 18.1 Å². The fourth-order valence-electron chi connectivity index (χ4n) is 3.26. The Bertz CT molecular complexity index is 1010. The van der Waals surface area contributed by atoms with E-state index >= 15 is 0 Å². The van der Waals surface area contributed by atoms with Gasteiger partial charge in [0.25, 0.3) is 5.91 Å². The van der Waals surface area contributed by atoms with Gasteiger partial charge >= 0.3 is 5.97 Å². The van der Waals surface area contributed by atoms with E-state index in [0.29, 0.717) is 5.56 Å². The number of hydrogen-bond donors (Lipinski definition) is 0. The summed E-state index contributed by atoms with van der Waals surface area (Å²) in [6.45, 7) is 1.62. The van der Waals surface area contributed by atoms with Crippen molar-refractivity contribution in [1.82, 2.24) is 9.21 Å². The Morgan fingerprint density at radius 3 is 2.17 bits per heavy atom. The van der Waals surface area contributed by atoms with Crippen LogP contribution >= 0.6 is 0 Å². The molecule has 2 aromatic carbocycles. The second-order valence-corrected chi connectivity index (χ2v) is 8.72. The Balaban J connectivity index is 1.90. The first-order valence-electron chi connectivity index (χ1n) is 9.64. The molecule has 0 saturated carbocycles. The highest BCUT2D eigenvalue weighted by atomic mass is 32.2. The minimum absolute atomic E-state index is 0.192. The first-order chi connectivity index (χ1) is 14.4. The maximum absolute atomic E-state index is 13.1. The van der Waals surface area contributed by atoms with Crippen LogP contribution in [0.15, 0.2) is 73.1 Å². The molecule has 8 heteroatoms. The zero-order chi connectivity index (χ0) is 21.6.